The number of oxime groups is 1. The second kappa shape index (κ2) is 5.78. The van der Waals surface area contributed by atoms with E-state index in [4.69, 9.17) is 5.11 Å². The second-order valence-corrected chi connectivity index (χ2v) is 5.50. The summed E-state index contributed by atoms with van der Waals surface area (Å²) in [7, 11) is -2.12. The summed E-state index contributed by atoms with van der Waals surface area (Å²) in [6, 6.07) is 0. The first-order chi connectivity index (χ1) is 8.35. The fourth-order valence-electron chi connectivity index (χ4n) is 1.17. The van der Waals surface area contributed by atoms with E-state index in [1.807, 2.05) is 0 Å². The van der Waals surface area contributed by atoms with Gasteiger partial charge in [0, 0.05) is 13.0 Å². The highest BCUT2D eigenvalue weighted by Gasteiger charge is 2.31. The van der Waals surface area contributed by atoms with Crippen LogP contribution in [0.5, 0.6) is 0 Å². The van der Waals surface area contributed by atoms with Crippen molar-refractivity contribution in [2.75, 3.05) is 19.3 Å². The lowest BCUT2D eigenvalue weighted by Gasteiger charge is -2.09. The number of nitrogens with zero attached hydrogens (tertiary/aromatic N) is 1. The highest BCUT2D eigenvalue weighted by molar-refractivity contribution is 7.89. The molecule has 18 heavy (non-hydrogen) atoms. The van der Waals surface area contributed by atoms with Crippen LogP contribution in [0, 0.1) is 0 Å². The third-order valence-electron chi connectivity index (χ3n) is 2.19. The lowest BCUT2D eigenvalue weighted by Crippen LogP contribution is -2.39. The number of hydrogen-bond acceptors (Lipinski definition) is 6. The Bertz CT molecular complexity index is 471. The lowest BCUT2D eigenvalue weighted by atomic mass is 10.2. The molecule has 0 aromatic rings. The maximum absolute atomic E-state index is 11.5. The number of rotatable bonds is 6. The molecule has 1 rings (SSSR count). The van der Waals surface area contributed by atoms with Crippen LogP contribution in [0.4, 0.5) is 0 Å². The van der Waals surface area contributed by atoms with Gasteiger partial charge in [0.2, 0.25) is 16.1 Å². The van der Waals surface area contributed by atoms with Crippen molar-refractivity contribution < 1.29 is 28.0 Å². The number of carbonyl (C=O) groups excluding carboxylic acids is 1. The molecular weight excluding hydrogens is 266 g/mol. The van der Waals surface area contributed by atoms with Crippen molar-refractivity contribution in [2.24, 2.45) is 5.16 Å². The van der Waals surface area contributed by atoms with Crippen LogP contribution in [0.1, 0.15) is 6.42 Å². The van der Waals surface area contributed by atoms with Crippen molar-refractivity contribution in [3.8, 4) is 0 Å². The van der Waals surface area contributed by atoms with Crippen LogP contribution in [0.2, 0.25) is 0 Å². The van der Waals surface area contributed by atoms with Crippen LogP contribution in [-0.2, 0) is 24.4 Å². The zero-order valence-electron chi connectivity index (χ0n) is 9.54. The van der Waals surface area contributed by atoms with Crippen molar-refractivity contribution in [3.63, 3.8) is 0 Å². The molecule has 0 bridgehead atoms. The predicted molar refractivity (Wildman–Crippen MR) is 60.4 cm³/mol. The van der Waals surface area contributed by atoms with Gasteiger partial charge in [0.05, 0.1) is 5.75 Å². The minimum absolute atomic E-state index is 0.0930. The lowest BCUT2D eigenvalue weighted by molar-refractivity contribution is -0.131. The molecule has 1 aliphatic rings. The normalized spacial score (nSPS) is 18.9. The summed E-state index contributed by atoms with van der Waals surface area (Å²) < 4.78 is 24.2. The van der Waals surface area contributed by atoms with Gasteiger partial charge >= 0.3 is 5.97 Å². The molecule has 1 aliphatic heterocycles. The number of carboxylic acids is 1. The van der Waals surface area contributed by atoms with Crippen molar-refractivity contribution in [1.82, 2.24) is 10.0 Å². The summed E-state index contributed by atoms with van der Waals surface area (Å²) in [5.74, 6) is -2.11. The van der Waals surface area contributed by atoms with Crippen molar-refractivity contribution in [3.05, 3.63) is 0 Å². The Morgan fingerprint density at radius 2 is 2.22 bits per heavy atom. The highest BCUT2D eigenvalue weighted by Crippen LogP contribution is 2.10. The molecule has 0 aliphatic carbocycles. The molecule has 1 heterocycles. The molecule has 0 saturated heterocycles. The zero-order valence-corrected chi connectivity index (χ0v) is 10.4. The van der Waals surface area contributed by atoms with Gasteiger partial charge in [-0.3, -0.25) is 4.79 Å². The molecule has 9 nitrogen and oxygen atoms in total. The molecule has 1 atom stereocenters. The standard InChI is InChI=1S/C8H13N3O6S/c1-9-18(15,16)3-2-10-7(12)6-4-5(8(13)14)11-17-6/h6,9H,2-4H2,1H3,(H,10,12)(H,13,14). The zero-order chi connectivity index (χ0) is 13.8. The van der Waals surface area contributed by atoms with Gasteiger partial charge in [-0.15, -0.1) is 0 Å². The second-order valence-electron chi connectivity index (χ2n) is 3.46. The molecule has 0 radical (unpaired) electrons. The molecule has 10 heteroatoms. The smallest absolute Gasteiger partial charge is 0.353 e. The van der Waals surface area contributed by atoms with Crippen molar-refractivity contribution in [2.45, 2.75) is 12.5 Å². The van der Waals surface area contributed by atoms with Crippen LogP contribution < -0.4 is 10.0 Å². The molecule has 1 unspecified atom stereocenters. The average molecular weight is 279 g/mol. The van der Waals surface area contributed by atoms with Crippen molar-refractivity contribution >= 4 is 27.6 Å². The van der Waals surface area contributed by atoms with Gasteiger partial charge in [-0.05, 0) is 7.05 Å². The Morgan fingerprint density at radius 3 is 2.72 bits per heavy atom. The van der Waals surface area contributed by atoms with E-state index in [0.29, 0.717) is 0 Å². The first kappa shape index (κ1) is 14.4. The SMILES string of the molecule is CNS(=O)(=O)CCNC(=O)C1CC(C(=O)O)=NO1. The number of amides is 1. The van der Waals surface area contributed by atoms with Crippen LogP contribution >= 0.6 is 0 Å². The summed E-state index contributed by atoms with van der Waals surface area (Å²) >= 11 is 0. The number of aliphatic carboxylic acids is 1. The first-order valence-electron chi connectivity index (χ1n) is 5.00. The maximum Gasteiger partial charge on any atom is 0.353 e. The van der Waals surface area contributed by atoms with E-state index in [0.717, 1.165) is 0 Å². The number of carbonyl (C=O) groups is 2. The Morgan fingerprint density at radius 1 is 1.56 bits per heavy atom. The van der Waals surface area contributed by atoms with Gasteiger partial charge in [0.15, 0.2) is 5.71 Å². The van der Waals surface area contributed by atoms with Gasteiger partial charge < -0.3 is 15.3 Å². The van der Waals surface area contributed by atoms with Gasteiger partial charge in [-0.2, -0.15) is 0 Å². The van der Waals surface area contributed by atoms with E-state index in [9.17, 15) is 18.0 Å². The van der Waals surface area contributed by atoms with E-state index in [1.165, 1.54) is 7.05 Å². The third kappa shape index (κ3) is 3.96. The van der Waals surface area contributed by atoms with E-state index >= 15 is 0 Å². The van der Waals surface area contributed by atoms with Crippen LogP contribution in [0.25, 0.3) is 0 Å². The minimum Gasteiger partial charge on any atom is -0.477 e. The Balaban J connectivity index is 2.34. The van der Waals surface area contributed by atoms with E-state index in [1.54, 1.807) is 0 Å². The quantitative estimate of drug-likeness (QED) is 0.509. The molecule has 0 fully saturated rings. The summed E-state index contributed by atoms with van der Waals surface area (Å²) in [4.78, 5) is 26.6. The number of nitrogens with one attached hydrogen (secondary N) is 2. The molecule has 3 N–H and O–H groups in total. The molecular formula is C8H13N3O6S. The summed E-state index contributed by atoms with van der Waals surface area (Å²) in [5.41, 5.74) is -0.238. The number of carboxylic acid groups (broad SMARTS) is 1. The Hall–Kier alpha value is -1.68. The van der Waals surface area contributed by atoms with E-state index < -0.39 is 28.0 Å². The molecule has 0 aromatic heterocycles. The Labute approximate surface area is 103 Å². The maximum atomic E-state index is 11.5. The van der Waals surface area contributed by atoms with Crippen molar-refractivity contribution in [1.29, 1.82) is 0 Å². The van der Waals surface area contributed by atoms with E-state index in [2.05, 4.69) is 20.0 Å². The third-order valence-corrected chi connectivity index (χ3v) is 3.55. The first-order valence-corrected chi connectivity index (χ1v) is 6.66. The summed E-state index contributed by atoms with van der Waals surface area (Å²) in [5, 5.41) is 14.2. The van der Waals surface area contributed by atoms with Crippen LogP contribution in [0.3, 0.4) is 0 Å². The Kier molecular flexibility index (Phi) is 4.62. The number of sulfonamides is 1. The molecule has 0 saturated carbocycles. The predicted octanol–water partition coefficient (Wildman–Crippen LogP) is -2.12. The van der Waals surface area contributed by atoms with Crippen LogP contribution in [0.15, 0.2) is 5.16 Å². The largest absolute Gasteiger partial charge is 0.477 e. The molecule has 1 amide bonds. The van der Waals surface area contributed by atoms with Gasteiger partial charge in [-0.25, -0.2) is 17.9 Å². The summed E-state index contributed by atoms with van der Waals surface area (Å²) in [6.45, 7) is -0.0930. The fraction of sp³-hybridized carbons (Fsp3) is 0.625. The molecule has 0 spiro atoms. The van der Waals surface area contributed by atoms with E-state index in [-0.39, 0.29) is 24.4 Å². The van der Waals surface area contributed by atoms with Crippen LogP contribution in [-0.4, -0.2) is 56.6 Å². The number of hydrogen-bond donors (Lipinski definition) is 3. The summed E-state index contributed by atoms with van der Waals surface area (Å²) in [6.07, 6.45) is -1.16. The van der Waals surface area contributed by atoms with Gasteiger partial charge in [-0.1, -0.05) is 5.16 Å². The molecule has 102 valence electrons. The fourth-order valence-corrected chi connectivity index (χ4v) is 1.74. The monoisotopic (exact) mass is 279 g/mol. The topological polar surface area (TPSA) is 134 Å². The van der Waals surface area contributed by atoms with Gasteiger partial charge in [0.25, 0.3) is 5.91 Å². The minimum atomic E-state index is -3.39. The average Bonchev–Trinajstić information content (AvgIpc) is 2.78. The molecule has 0 aromatic carbocycles. The van der Waals surface area contributed by atoms with Gasteiger partial charge in [0.1, 0.15) is 0 Å². The highest BCUT2D eigenvalue weighted by atomic mass is 32.2.